The van der Waals surface area contributed by atoms with E-state index in [1.807, 2.05) is 24.0 Å². The number of hydrogen-bond acceptors (Lipinski definition) is 2. The zero-order valence-electron chi connectivity index (χ0n) is 9.95. The lowest BCUT2D eigenvalue weighted by Crippen LogP contribution is -2.30. The van der Waals surface area contributed by atoms with Crippen LogP contribution in [0.15, 0.2) is 22.7 Å². The van der Waals surface area contributed by atoms with Crippen molar-refractivity contribution in [2.45, 2.75) is 32.2 Å². The van der Waals surface area contributed by atoms with Gasteiger partial charge in [0.05, 0.1) is 0 Å². The molecule has 1 aromatic rings. The standard InChI is InChI=1S/C13H17BrN2O/c1-9(15)2-5-13(17)16-7-6-10-3-4-11(14)8-12(10)16/h3-4,8-9H,2,5-7,15H2,1H3. The number of anilines is 1. The number of halogens is 1. The van der Waals surface area contributed by atoms with E-state index in [0.29, 0.717) is 6.42 Å². The van der Waals surface area contributed by atoms with Gasteiger partial charge in [-0.1, -0.05) is 22.0 Å². The molecule has 0 fully saturated rings. The van der Waals surface area contributed by atoms with E-state index < -0.39 is 0 Å². The number of carbonyl (C=O) groups excluding carboxylic acids is 1. The molecule has 1 aliphatic rings. The first kappa shape index (κ1) is 12.6. The predicted molar refractivity (Wildman–Crippen MR) is 73.1 cm³/mol. The number of benzene rings is 1. The van der Waals surface area contributed by atoms with Gasteiger partial charge in [0.1, 0.15) is 0 Å². The van der Waals surface area contributed by atoms with Crippen molar-refractivity contribution in [3.63, 3.8) is 0 Å². The van der Waals surface area contributed by atoms with Gasteiger partial charge >= 0.3 is 0 Å². The summed E-state index contributed by atoms with van der Waals surface area (Å²) >= 11 is 3.45. The summed E-state index contributed by atoms with van der Waals surface area (Å²) in [6.07, 6.45) is 2.23. The van der Waals surface area contributed by atoms with Crippen LogP contribution in [0.25, 0.3) is 0 Å². The number of nitrogens with zero attached hydrogens (tertiary/aromatic N) is 1. The quantitative estimate of drug-likeness (QED) is 0.931. The van der Waals surface area contributed by atoms with E-state index in [4.69, 9.17) is 5.73 Å². The number of amides is 1. The zero-order valence-corrected chi connectivity index (χ0v) is 11.5. The van der Waals surface area contributed by atoms with E-state index in [2.05, 4.69) is 22.0 Å². The molecule has 0 bridgehead atoms. The first-order chi connectivity index (χ1) is 8.08. The van der Waals surface area contributed by atoms with Crippen LogP contribution in [0.5, 0.6) is 0 Å². The molecule has 0 aliphatic carbocycles. The molecule has 1 aromatic carbocycles. The third-order valence-electron chi connectivity index (χ3n) is 3.06. The summed E-state index contributed by atoms with van der Waals surface area (Å²) in [6, 6.07) is 6.21. The Morgan fingerprint density at radius 2 is 2.35 bits per heavy atom. The van der Waals surface area contributed by atoms with Crippen LogP contribution in [0.2, 0.25) is 0 Å². The molecule has 0 saturated heterocycles. The largest absolute Gasteiger partial charge is 0.328 e. The smallest absolute Gasteiger partial charge is 0.227 e. The lowest BCUT2D eigenvalue weighted by Gasteiger charge is -2.18. The minimum atomic E-state index is 0.0866. The summed E-state index contributed by atoms with van der Waals surface area (Å²) in [4.78, 5) is 14.0. The van der Waals surface area contributed by atoms with Gasteiger partial charge in [-0.15, -0.1) is 0 Å². The van der Waals surface area contributed by atoms with Crippen LogP contribution in [0.4, 0.5) is 5.69 Å². The Morgan fingerprint density at radius 1 is 1.59 bits per heavy atom. The second-order valence-electron chi connectivity index (χ2n) is 4.58. The Labute approximate surface area is 110 Å². The molecule has 1 heterocycles. The summed E-state index contributed by atoms with van der Waals surface area (Å²) in [7, 11) is 0. The lowest BCUT2D eigenvalue weighted by molar-refractivity contribution is -0.118. The summed E-state index contributed by atoms with van der Waals surface area (Å²) in [5, 5.41) is 0. The molecule has 1 atom stereocenters. The Balaban J connectivity index is 2.10. The van der Waals surface area contributed by atoms with Crippen molar-refractivity contribution in [1.82, 2.24) is 0 Å². The zero-order chi connectivity index (χ0) is 12.4. The number of hydrogen-bond donors (Lipinski definition) is 1. The van der Waals surface area contributed by atoms with E-state index in [1.165, 1.54) is 5.56 Å². The van der Waals surface area contributed by atoms with Crippen molar-refractivity contribution in [3.8, 4) is 0 Å². The highest BCUT2D eigenvalue weighted by Crippen LogP contribution is 2.31. The normalized spacial score (nSPS) is 15.8. The van der Waals surface area contributed by atoms with Crippen LogP contribution < -0.4 is 10.6 Å². The number of nitrogens with two attached hydrogens (primary N) is 1. The maximum atomic E-state index is 12.1. The highest BCUT2D eigenvalue weighted by atomic mass is 79.9. The van der Waals surface area contributed by atoms with Gasteiger partial charge < -0.3 is 10.6 Å². The average molecular weight is 297 g/mol. The molecule has 0 saturated carbocycles. The maximum Gasteiger partial charge on any atom is 0.227 e. The predicted octanol–water partition coefficient (Wildman–Crippen LogP) is 2.47. The van der Waals surface area contributed by atoms with E-state index in [-0.39, 0.29) is 11.9 Å². The molecular formula is C13H17BrN2O. The highest BCUT2D eigenvalue weighted by molar-refractivity contribution is 9.10. The van der Waals surface area contributed by atoms with Crippen molar-refractivity contribution in [1.29, 1.82) is 0 Å². The topological polar surface area (TPSA) is 46.3 Å². The monoisotopic (exact) mass is 296 g/mol. The second kappa shape index (κ2) is 5.19. The first-order valence-corrected chi connectivity index (χ1v) is 6.71. The van der Waals surface area contributed by atoms with Crippen LogP contribution in [-0.2, 0) is 11.2 Å². The van der Waals surface area contributed by atoms with Gasteiger partial charge in [0.15, 0.2) is 0 Å². The molecule has 2 rings (SSSR count). The first-order valence-electron chi connectivity index (χ1n) is 5.92. The Bertz CT molecular complexity index is 431. The molecule has 0 radical (unpaired) electrons. The summed E-state index contributed by atoms with van der Waals surface area (Å²) in [5.41, 5.74) is 7.98. The molecule has 17 heavy (non-hydrogen) atoms. The molecule has 1 aliphatic heterocycles. The van der Waals surface area contributed by atoms with Gasteiger partial charge in [0.2, 0.25) is 5.91 Å². The maximum absolute atomic E-state index is 12.1. The molecule has 1 unspecified atom stereocenters. The lowest BCUT2D eigenvalue weighted by atomic mass is 10.1. The van der Waals surface area contributed by atoms with Crippen molar-refractivity contribution in [2.24, 2.45) is 5.73 Å². The van der Waals surface area contributed by atoms with Crippen LogP contribution >= 0.6 is 15.9 Å². The van der Waals surface area contributed by atoms with Crippen molar-refractivity contribution < 1.29 is 4.79 Å². The van der Waals surface area contributed by atoms with Crippen molar-refractivity contribution >= 4 is 27.5 Å². The number of fused-ring (bicyclic) bond motifs is 1. The Hall–Kier alpha value is -0.870. The third-order valence-corrected chi connectivity index (χ3v) is 3.55. The molecular weight excluding hydrogens is 280 g/mol. The van der Waals surface area contributed by atoms with Gasteiger partial charge in [0.25, 0.3) is 0 Å². The Kier molecular flexibility index (Phi) is 3.84. The van der Waals surface area contributed by atoms with E-state index in [0.717, 1.165) is 29.5 Å². The second-order valence-corrected chi connectivity index (χ2v) is 5.50. The van der Waals surface area contributed by atoms with Gasteiger partial charge in [0, 0.05) is 29.2 Å². The van der Waals surface area contributed by atoms with Crippen molar-refractivity contribution in [2.75, 3.05) is 11.4 Å². The van der Waals surface area contributed by atoms with Crippen molar-refractivity contribution in [3.05, 3.63) is 28.2 Å². The summed E-state index contributed by atoms with van der Waals surface area (Å²) in [5.74, 6) is 0.180. The highest BCUT2D eigenvalue weighted by Gasteiger charge is 2.24. The summed E-state index contributed by atoms with van der Waals surface area (Å²) < 4.78 is 1.02. The fraction of sp³-hybridized carbons (Fsp3) is 0.462. The average Bonchev–Trinajstić information content (AvgIpc) is 2.68. The van der Waals surface area contributed by atoms with Gasteiger partial charge in [-0.25, -0.2) is 0 Å². The number of carbonyl (C=O) groups is 1. The van der Waals surface area contributed by atoms with Gasteiger partial charge in [-0.3, -0.25) is 4.79 Å². The molecule has 92 valence electrons. The molecule has 0 aromatic heterocycles. The SMILES string of the molecule is CC(N)CCC(=O)N1CCc2ccc(Br)cc21. The minimum Gasteiger partial charge on any atom is -0.328 e. The fourth-order valence-corrected chi connectivity index (χ4v) is 2.45. The van der Waals surface area contributed by atoms with E-state index in [9.17, 15) is 4.79 Å². The van der Waals surface area contributed by atoms with E-state index in [1.54, 1.807) is 0 Å². The van der Waals surface area contributed by atoms with Crippen LogP contribution in [0.3, 0.4) is 0 Å². The summed E-state index contributed by atoms with van der Waals surface area (Å²) in [6.45, 7) is 2.73. The molecule has 4 heteroatoms. The number of rotatable bonds is 3. The van der Waals surface area contributed by atoms with Gasteiger partial charge in [-0.05, 0) is 37.5 Å². The third kappa shape index (κ3) is 2.87. The van der Waals surface area contributed by atoms with Crippen LogP contribution in [0, 0.1) is 0 Å². The van der Waals surface area contributed by atoms with Gasteiger partial charge in [-0.2, -0.15) is 0 Å². The molecule has 3 nitrogen and oxygen atoms in total. The van der Waals surface area contributed by atoms with Crippen LogP contribution in [-0.4, -0.2) is 18.5 Å². The minimum absolute atomic E-state index is 0.0866. The fourth-order valence-electron chi connectivity index (χ4n) is 2.10. The molecule has 2 N–H and O–H groups in total. The molecule has 0 spiro atoms. The molecule has 1 amide bonds. The van der Waals surface area contributed by atoms with Crippen LogP contribution in [0.1, 0.15) is 25.3 Å². The Morgan fingerprint density at radius 3 is 3.06 bits per heavy atom. The van der Waals surface area contributed by atoms with E-state index >= 15 is 0 Å².